The normalized spacial score (nSPS) is 29.5. The summed E-state index contributed by atoms with van der Waals surface area (Å²) in [5.74, 6) is -2.00. The predicted molar refractivity (Wildman–Crippen MR) is 56.2 cm³/mol. The molecule has 2 N–H and O–H groups in total. The van der Waals surface area contributed by atoms with E-state index in [-0.39, 0.29) is 16.8 Å². The van der Waals surface area contributed by atoms with Gasteiger partial charge in [0.25, 0.3) is 5.56 Å². The first-order chi connectivity index (χ1) is 7.54. The van der Waals surface area contributed by atoms with Gasteiger partial charge in [-0.15, -0.1) is 0 Å². The molecule has 0 amide bonds. The molecule has 0 saturated carbocycles. The van der Waals surface area contributed by atoms with Gasteiger partial charge < -0.3 is 9.84 Å². The minimum Gasteiger partial charge on any atom is -0.390 e. The topological polar surface area (TPSA) is 67.2 Å². The molecule has 0 bridgehead atoms. The van der Waals surface area contributed by atoms with Crippen molar-refractivity contribution in [3.8, 4) is 0 Å². The van der Waals surface area contributed by atoms with E-state index in [1.54, 1.807) is 0 Å². The van der Waals surface area contributed by atoms with Crippen LogP contribution in [-0.4, -0.2) is 27.1 Å². The Labute approximate surface area is 95.5 Å². The molecule has 1 aliphatic rings. The summed E-state index contributed by atoms with van der Waals surface area (Å²) >= 11 is 4.93. The fourth-order valence-corrected chi connectivity index (χ4v) is 1.95. The maximum absolute atomic E-state index is 13.6. The maximum Gasteiger partial charge on any atom is 0.251 e. The number of aromatic amines is 1. The van der Waals surface area contributed by atoms with E-state index in [2.05, 4.69) is 4.98 Å². The molecule has 2 atom stereocenters. The second kappa shape index (κ2) is 4.08. The van der Waals surface area contributed by atoms with Crippen LogP contribution in [0, 0.1) is 4.77 Å². The lowest BCUT2D eigenvalue weighted by Gasteiger charge is -2.19. The Morgan fingerprint density at radius 1 is 1.81 bits per heavy atom. The Morgan fingerprint density at radius 2 is 2.56 bits per heavy atom. The van der Waals surface area contributed by atoms with Crippen LogP contribution in [-0.2, 0) is 4.74 Å². The molecule has 5 nitrogen and oxygen atoms in total. The van der Waals surface area contributed by atoms with Crippen LogP contribution in [0.15, 0.2) is 17.1 Å². The van der Waals surface area contributed by atoms with Crippen molar-refractivity contribution < 1.29 is 14.2 Å². The molecule has 1 saturated heterocycles. The third-order valence-corrected chi connectivity index (χ3v) is 2.82. The van der Waals surface area contributed by atoms with Crippen LogP contribution < -0.4 is 5.56 Å². The van der Waals surface area contributed by atoms with Crippen molar-refractivity contribution in [2.24, 2.45) is 0 Å². The summed E-state index contributed by atoms with van der Waals surface area (Å²) in [6.07, 6.45) is 1.38. The predicted octanol–water partition coefficient (Wildman–Crippen LogP) is 0.873. The highest BCUT2D eigenvalue weighted by atomic mass is 32.1. The van der Waals surface area contributed by atoms with Crippen molar-refractivity contribution in [3.05, 3.63) is 27.4 Å². The van der Waals surface area contributed by atoms with E-state index >= 15 is 0 Å². The summed E-state index contributed by atoms with van der Waals surface area (Å²) in [7, 11) is 0. The second-order valence-corrected chi connectivity index (χ2v) is 4.06. The molecule has 0 spiro atoms. The number of nitrogens with one attached hydrogen (secondary N) is 1. The van der Waals surface area contributed by atoms with Crippen LogP contribution in [0.25, 0.3) is 0 Å². The molecule has 0 aliphatic carbocycles. The van der Waals surface area contributed by atoms with Crippen molar-refractivity contribution >= 4 is 12.2 Å². The molecule has 1 aromatic heterocycles. The SMILES string of the molecule is O=c1ccn(C2CCC(F)(CO)O2)c(=S)[nH]1. The maximum atomic E-state index is 13.6. The lowest BCUT2D eigenvalue weighted by Crippen LogP contribution is -2.27. The van der Waals surface area contributed by atoms with E-state index in [1.165, 1.54) is 16.8 Å². The first-order valence-corrected chi connectivity index (χ1v) is 5.24. The molecular weight excluding hydrogens is 235 g/mol. The van der Waals surface area contributed by atoms with E-state index in [0.717, 1.165) is 0 Å². The first-order valence-electron chi connectivity index (χ1n) is 4.83. The molecule has 88 valence electrons. The molecule has 0 aromatic carbocycles. The molecule has 0 radical (unpaired) electrons. The van der Waals surface area contributed by atoms with Crippen LogP contribution in [0.5, 0.6) is 0 Å². The van der Waals surface area contributed by atoms with Crippen LogP contribution in [0.1, 0.15) is 19.1 Å². The van der Waals surface area contributed by atoms with E-state index < -0.39 is 18.7 Å². The van der Waals surface area contributed by atoms with E-state index in [0.29, 0.717) is 6.42 Å². The summed E-state index contributed by atoms with van der Waals surface area (Å²) in [4.78, 5) is 13.4. The van der Waals surface area contributed by atoms with Gasteiger partial charge in [0.05, 0.1) is 0 Å². The number of nitrogens with zero attached hydrogens (tertiary/aromatic N) is 1. The number of aliphatic hydroxyl groups is 1. The Morgan fingerprint density at radius 3 is 3.12 bits per heavy atom. The van der Waals surface area contributed by atoms with E-state index in [9.17, 15) is 9.18 Å². The Bertz CT molecular complexity index is 500. The standard InChI is InChI=1S/C9H11FN2O3S/c10-9(5-13)3-1-7(15-9)12-4-2-6(14)11-8(12)16/h2,4,7,13H,1,3,5H2,(H,11,14,16). The van der Waals surface area contributed by atoms with Crippen LogP contribution >= 0.6 is 12.2 Å². The van der Waals surface area contributed by atoms with Gasteiger partial charge in [-0.2, -0.15) is 0 Å². The van der Waals surface area contributed by atoms with Gasteiger partial charge >= 0.3 is 0 Å². The third-order valence-electron chi connectivity index (χ3n) is 2.51. The lowest BCUT2D eigenvalue weighted by molar-refractivity contribution is -0.177. The first kappa shape index (κ1) is 11.4. The third kappa shape index (κ3) is 2.06. The molecule has 1 aromatic rings. The Hall–Kier alpha value is -1.05. The zero-order valence-electron chi connectivity index (χ0n) is 8.35. The minimum absolute atomic E-state index is 0.106. The highest BCUT2D eigenvalue weighted by Crippen LogP contribution is 2.36. The lowest BCUT2D eigenvalue weighted by atomic mass is 10.2. The molecule has 1 fully saturated rings. The zero-order valence-corrected chi connectivity index (χ0v) is 9.17. The van der Waals surface area contributed by atoms with Gasteiger partial charge in [-0.25, -0.2) is 4.39 Å². The Balaban J connectivity index is 2.27. The monoisotopic (exact) mass is 246 g/mol. The smallest absolute Gasteiger partial charge is 0.251 e. The van der Waals surface area contributed by atoms with Crippen molar-refractivity contribution in [1.29, 1.82) is 0 Å². The van der Waals surface area contributed by atoms with Gasteiger partial charge in [-0.3, -0.25) is 14.3 Å². The van der Waals surface area contributed by atoms with Gasteiger partial charge in [-0.05, 0) is 18.6 Å². The molecule has 7 heteroatoms. The van der Waals surface area contributed by atoms with Gasteiger partial charge in [0.15, 0.2) is 4.77 Å². The van der Waals surface area contributed by atoms with E-state index in [4.69, 9.17) is 22.1 Å². The second-order valence-electron chi connectivity index (χ2n) is 3.67. The quantitative estimate of drug-likeness (QED) is 0.760. The van der Waals surface area contributed by atoms with Crippen molar-refractivity contribution in [3.63, 3.8) is 0 Å². The van der Waals surface area contributed by atoms with Gasteiger partial charge in [0.1, 0.15) is 12.8 Å². The van der Waals surface area contributed by atoms with Crippen molar-refractivity contribution in [1.82, 2.24) is 9.55 Å². The number of H-pyrrole nitrogens is 1. The fraction of sp³-hybridized carbons (Fsp3) is 0.556. The number of ether oxygens (including phenoxy) is 1. The highest BCUT2D eigenvalue weighted by Gasteiger charge is 2.40. The summed E-state index contributed by atoms with van der Waals surface area (Å²) < 4.78 is 20.3. The summed E-state index contributed by atoms with van der Waals surface area (Å²) in [6, 6.07) is 1.29. The molecule has 1 aliphatic heterocycles. The molecule has 2 rings (SSSR count). The van der Waals surface area contributed by atoms with Crippen molar-refractivity contribution in [2.45, 2.75) is 24.9 Å². The average Bonchev–Trinajstić information content (AvgIpc) is 2.62. The minimum atomic E-state index is -2.00. The van der Waals surface area contributed by atoms with Crippen LogP contribution in [0.4, 0.5) is 4.39 Å². The van der Waals surface area contributed by atoms with E-state index in [1.807, 2.05) is 0 Å². The van der Waals surface area contributed by atoms with Gasteiger partial charge in [0.2, 0.25) is 5.85 Å². The molecule has 2 heterocycles. The number of rotatable bonds is 2. The Kier molecular flexibility index (Phi) is 2.92. The van der Waals surface area contributed by atoms with Crippen molar-refractivity contribution in [2.75, 3.05) is 6.61 Å². The number of aliphatic hydroxyl groups excluding tert-OH is 1. The summed E-state index contributed by atoms with van der Waals surface area (Å²) in [5, 5.41) is 8.81. The summed E-state index contributed by atoms with van der Waals surface area (Å²) in [6.45, 7) is -0.680. The number of alkyl halides is 1. The van der Waals surface area contributed by atoms with Crippen LogP contribution in [0.3, 0.4) is 0 Å². The molecule has 2 unspecified atom stereocenters. The van der Waals surface area contributed by atoms with Crippen LogP contribution in [0.2, 0.25) is 0 Å². The zero-order chi connectivity index (χ0) is 11.8. The van der Waals surface area contributed by atoms with Gasteiger partial charge in [0, 0.05) is 18.7 Å². The average molecular weight is 246 g/mol. The fourth-order valence-electron chi connectivity index (χ4n) is 1.67. The highest BCUT2D eigenvalue weighted by molar-refractivity contribution is 7.71. The summed E-state index contributed by atoms with van der Waals surface area (Å²) in [5.41, 5.74) is -0.312. The molecular formula is C9H11FN2O3S. The molecule has 16 heavy (non-hydrogen) atoms. The number of aromatic nitrogens is 2. The van der Waals surface area contributed by atoms with Gasteiger partial charge in [-0.1, -0.05) is 0 Å². The number of hydrogen-bond donors (Lipinski definition) is 2. The largest absolute Gasteiger partial charge is 0.390 e. The number of hydrogen-bond acceptors (Lipinski definition) is 4. The number of halogens is 1.